The van der Waals surface area contributed by atoms with Crippen LogP contribution in [0.2, 0.25) is 0 Å². The molecule has 0 fully saturated rings. The van der Waals surface area contributed by atoms with Crippen molar-refractivity contribution in [2.45, 2.75) is 39.0 Å². The molecule has 0 atom stereocenters. The van der Waals surface area contributed by atoms with E-state index in [0.717, 1.165) is 5.69 Å². The van der Waals surface area contributed by atoms with Gasteiger partial charge in [-0.3, -0.25) is 4.98 Å². The van der Waals surface area contributed by atoms with Crippen molar-refractivity contribution in [3.63, 3.8) is 0 Å². The van der Waals surface area contributed by atoms with Crippen molar-refractivity contribution in [3.05, 3.63) is 102 Å². The molecule has 3 aromatic carbocycles. The first-order valence-corrected chi connectivity index (χ1v) is 11.7. The molecule has 0 bridgehead atoms. The van der Waals surface area contributed by atoms with Gasteiger partial charge in [-0.2, -0.15) is 0 Å². The number of fused-ring (bicyclic) bond motifs is 3. The van der Waals surface area contributed by atoms with Gasteiger partial charge < -0.3 is 0 Å². The Balaban J connectivity index is 1.65. The zero-order valence-corrected chi connectivity index (χ0v) is 19.3. The van der Waals surface area contributed by atoms with Gasteiger partial charge in [0.05, 0.1) is 5.69 Å². The van der Waals surface area contributed by atoms with E-state index in [2.05, 4.69) is 112 Å². The second-order valence-corrected chi connectivity index (χ2v) is 10.2. The maximum absolute atomic E-state index is 4.66. The molecule has 0 saturated carbocycles. The first-order valence-electron chi connectivity index (χ1n) is 10.9. The van der Waals surface area contributed by atoms with Crippen molar-refractivity contribution in [1.29, 1.82) is 0 Å². The molecule has 2 heteroatoms. The summed E-state index contributed by atoms with van der Waals surface area (Å²) in [7, 11) is 0. The number of thiophene rings is 1. The molecule has 2 aromatic heterocycles. The molecule has 5 aromatic rings. The van der Waals surface area contributed by atoms with Gasteiger partial charge in [0, 0.05) is 37.3 Å². The Kier molecular flexibility index (Phi) is 4.91. The number of hydrogen-bond acceptors (Lipinski definition) is 2. The second-order valence-electron chi connectivity index (χ2n) is 9.14. The van der Waals surface area contributed by atoms with E-state index in [1.54, 1.807) is 0 Å². The number of aromatic nitrogens is 1. The largest absolute Gasteiger partial charge is 0.256 e. The quantitative estimate of drug-likeness (QED) is 0.283. The third kappa shape index (κ3) is 3.55. The number of hydrogen-bond donors (Lipinski definition) is 0. The molecule has 2 heterocycles. The summed E-state index contributed by atoms with van der Waals surface area (Å²) in [5.74, 6) is 0.496. The fraction of sp³-hybridized carbons (Fsp3) is 0.207. The summed E-state index contributed by atoms with van der Waals surface area (Å²) < 4.78 is 2.66. The van der Waals surface area contributed by atoms with E-state index < -0.39 is 0 Å². The number of pyridine rings is 1. The first-order chi connectivity index (χ1) is 14.9. The van der Waals surface area contributed by atoms with Crippen LogP contribution >= 0.6 is 11.3 Å². The van der Waals surface area contributed by atoms with E-state index in [1.807, 2.05) is 17.5 Å². The van der Waals surface area contributed by atoms with Gasteiger partial charge in [-0.25, -0.2) is 0 Å². The highest BCUT2D eigenvalue weighted by Gasteiger charge is 2.23. The minimum atomic E-state index is -0.0472. The predicted molar refractivity (Wildman–Crippen MR) is 135 cm³/mol. The lowest BCUT2D eigenvalue weighted by Crippen LogP contribution is -2.18. The molecule has 0 spiro atoms. The number of benzene rings is 3. The molecule has 1 nitrogen and oxygen atoms in total. The molecular formula is C29H27NS. The maximum Gasteiger partial charge on any atom is 0.0705 e. The van der Waals surface area contributed by atoms with Crippen molar-refractivity contribution in [2.75, 3.05) is 0 Å². The highest BCUT2D eigenvalue weighted by molar-refractivity contribution is 7.25. The maximum atomic E-state index is 4.66. The Hall–Kier alpha value is -2.97. The van der Waals surface area contributed by atoms with Crippen LogP contribution in [0, 0.1) is 0 Å². The van der Waals surface area contributed by atoms with E-state index in [9.17, 15) is 0 Å². The predicted octanol–water partition coefficient (Wildman–Crippen LogP) is 8.57. The van der Waals surface area contributed by atoms with Gasteiger partial charge in [-0.05, 0) is 59.0 Å². The molecular weight excluding hydrogens is 394 g/mol. The summed E-state index contributed by atoms with van der Waals surface area (Å²) in [6.07, 6.45) is 1.93. The molecule has 0 aliphatic heterocycles. The summed E-state index contributed by atoms with van der Waals surface area (Å²) in [4.78, 5) is 4.66. The van der Waals surface area contributed by atoms with Crippen molar-refractivity contribution >= 4 is 31.5 Å². The lowest BCUT2D eigenvalue weighted by Gasteiger charge is -2.26. The van der Waals surface area contributed by atoms with Gasteiger partial charge in [0.25, 0.3) is 0 Å². The van der Waals surface area contributed by atoms with Gasteiger partial charge >= 0.3 is 0 Å². The molecule has 0 radical (unpaired) electrons. The molecule has 154 valence electrons. The Labute approximate surface area is 188 Å². The first kappa shape index (κ1) is 20.0. The number of nitrogens with zero attached hydrogens (tertiary/aromatic N) is 1. The minimum Gasteiger partial charge on any atom is -0.256 e. The van der Waals surface area contributed by atoms with Crippen LogP contribution in [0.15, 0.2) is 85.1 Å². The second kappa shape index (κ2) is 7.62. The summed E-state index contributed by atoms with van der Waals surface area (Å²) in [5.41, 5.74) is 6.19. The van der Waals surface area contributed by atoms with E-state index in [-0.39, 0.29) is 5.41 Å². The molecule has 0 unspecified atom stereocenters. The van der Waals surface area contributed by atoms with Crippen LogP contribution in [-0.4, -0.2) is 4.98 Å². The molecule has 31 heavy (non-hydrogen) atoms. The van der Waals surface area contributed by atoms with Crippen LogP contribution in [0.25, 0.3) is 31.4 Å². The molecule has 0 N–H and O–H groups in total. The van der Waals surface area contributed by atoms with E-state index in [1.165, 1.54) is 42.4 Å². The molecule has 0 aliphatic carbocycles. The SMILES string of the molecule is CC(C)c1ccnc(-c2ccc3sc4ccc(C(C)(C)c5ccccc5)cc4c3c2)c1. The van der Waals surface area contributed by atoms with Crippen LogP contribution in [0.1, 0.15) is 50.3 Å². The summed E-state index contributed by atoms with van der Waals surface area (Å²) >= 11 is 1.87. The fourth-order valence-corrected chi connectivity index (χ4v) is 5.38. The Morgan fingerprint density at radius 3 is 2.19 bits per heavy atom. The molecule has 5 rings (SSSR count). The summed E-state index contributed by atoms with van der Waals surface area (Å²) in [6, 6.07) is 28.9. The normalized spacial score (nSPS) is 12.2. The van der Waals surface area contributed by atoms with E-state index >= 15 is 0 Å². The van der Waals surface area contributed by atoms with Crippen LogP contribution in [0.3, 0.4) is 0 Å². The smallest absolute Gasteiger partial charge is 0.0705 e. The van der Waals surface area contributed by atoms with E-state index in [4.69, 9.17) is 0 Å². The molecule has 0 amide bonds. The van der Waals surface area contributed by atoms with Gasteiger partial charge in [-0.15, -0.1) is 11.3 Å². The van der Waals surface area contributed by atoms with Crippen molar-refractivity contribution in [3.8, 4) is 11.3 Å². The highest BCUT2D eigenvalue weighted by Crippen LogP contribution is 2.40. The standard InChI is InChI=1S/C29H27NS/c1-19(2)20-14-15-30-26(17-20)21-10-12-27-24(16-21)25-18-23(11-13-28(25)31-27)29(3,4)22-8-6-5-7-9-22/h5-19H,1-4H3. The Bertz CT molecular complexity index is 1380. The monoisotopic (exact) mass is 421 g/mol. The van der Waals surface area contributed by atoms with Crippen molar-refractivity contribution in [2.24, 2.45) is 0 Å². The van der Waals surface area contributed by atoms with Gasteiger partial charge in [0.2, 0.25) is 0 Å². The van der Waals surface area contributed by atoms with Crippen molar-refractivity contribution in [1.82, 2.24) is 4.98 Å². The summed E-state index contributed by atoms with van der Waals surface area (Å²) in [5, 5.41) is 2.66. The van der Waals surface area contributed by atoms with Gasteiger partial charge in [-0.1, -0.05) is 70.2 Å². The average Bonchev–Trinajstić information content (AvgIpc) is 3.17. The topological polar surface area (TPSA) is 12.9 Å². The third-order valence-electron chi connectivity index (χ3n) is 6.43. The lowest BCUT2D eigenvalue weighted by molar-refractivity contribution is 0.642. The number of rotatable bonds is 4. The van der Waals surface area contributed by atoms with Gasteiger partial charge in [0.15, 0.2) is 0 Å². The molecule has 0 saturated heterocycles. The Morgan fingerprint density at radius 1 is 0.742 bits per heavy atom. The molecule has 0 aliphatic rings. The zero-order chi connectivity index (χ0) is 21.6. The van der Waals surface area contributed by atoms with Gasteiger partial charge in [0.1, 0.15) is 0 Å². The average molecular weight is 422 g/mol. The summed E-state index contributed by atoms with van der Waals surface area (Å²) in [6.45, 7) is 9.07. The zero-order valence-electron chi connectivity index (χ0n) is 18.5. The van der Waals surface area contributed by atoms with Crippen LogP contribution in [0.5, 0.6) is 0 Å². The fourth-order valence-electron chi connectivity index (χ4n) is 4.31. The minimum absolute atomic E-state index is 0.0472. The van der Waals surface area contributed by atoms with E-state index in [0.29, 0.717) is 5.92 Å². The van der Waals surface area contributed by atoms with Crippen molar-refractivity contribution < 1.29 is 0 Å². The Morgan fingerprint density at radius 2 is 1.45 bits per heavy atom. The third-order valence-corrected chi connectivity index (χ3v) is 7.58. The van der Waals surface area contributed by atoms with Crippen LogP contribution in [0.4, 0.5) is 0 Å². The van der Waals surface area contributed by atoms with Crippen LogP contribution in [-0.2, 0) is 5.41 Å². The lowest BCUT2D eigenvalue weighted by atomic mass is 9.78. The van der Waals surface area contributed by atoms with Crippen LogP contribution < -0.4 is 0 Å². The highest BCUT2D eigenvalue weighted by atomic mass is 32.1.